The second-order valence-electron chi connectivity index (χ2n) is 5.30. The van der Waals surface area contributed by atoms with Gasteiger partial charge in [0.05, 0.1) is 5.69 Å². The summed E-state index contributed by atoms with van der Waals surface area (Å²) in [4.78, 5) is 12.9. The molecule has 0 aliphatic heterocycles. The van der Waals surface area contributed by atoms with Gasteiger partial charge in [-0.25, -0.2) is 4.79 Å². The van der Waals surface area contributed by atoms with Gasteiger partial charge >= 0.3 is 5.97 Å². The van der Waals surface area contributed by atoms with Crippen LogP contribution in [0.4, 0.5) is 5.82 Å². The molecule has 1 aliphatic carbocycles. The van der Waals surface area contributed by atoms with Gasteiger partial charge in [0.2, 0.25) is 0 Å². The summed E-state index contributed by atoms with van der Waals surface area (Å²) in [5.41, 5.74) is 1.75. The molecule has 0 aromatic carbocycles. The van der Waals surface area contributed by atoms with Crippen LogP contribution in [0.3, 0.4) is 0 Å². The summed E-state index contributed by atoms with van der Waals surface area (Å²) in [6, 6.07) is 0. The van der Waals surface area contributed by atoms with E-state index in [0.29, 0.717) is 0 Å². The zero-order valence-electron chi connectivity index (χ0n) is 11.8. The number of hydrogen-bond donors (Lipinski definition) is 1. The van der Waals surface area contributed by atoms with E-state index in [2.05, 4.69) is 10.00 Å². The van der Waals surface area contributed by atoms with Crippen LogP contribution in [0, 0.1) is 12.8 Å². The maximum Gasteiger partial charge on any atom is 0.328 e. The Kier molecular flexibility index (Phi) is 3.93. The van der Waals surface area contributed by atoms with Gasteiger partial charge in [-0.1, -0.05) is 6.42 Å². The molecule has 1 saturated carbocycles. The van der Waals surface area contributed by atoms with Crippen molar-refractivity contribution >= 4 is 17.9 Å². The van der Waals surface area contributed by atoms with E-state index in [1.165, 1.54) is 25.3 Å². The lowest BCUT2D eigenvalue weighted by Crippen LogP contribution is -2.30. The van der Waals surface area contributed by atoms with Crippen molar-refractivity contribution in [3.8, 4) is 0 Å². The summed E-state index contributed by atoms with van der Waals surface area (Å²) >= 11 is 0. The summed E-state index contributed by atoms with van der Waals surface area (Å²) in [6.07, 6.45) is 6.72. The van der Waals surface area contributed by atoms with Crippen molar-refractivity contribution in [1.82, 2.24) is 9.78 Å². The highest BCUT2D eigenvalue weighted by molar-refractivity contribution is 5.87. The number of aryl methyl sites for hydroxylation is 2. The van der Waals surface area contributed by atoms with Crippen LogP contribution in [-0.2, 0) is 11.8 Å². The van der Waals surface area contributed by atoms with Crippen LogP contribution < -0.4 is 4.90 Å². The standard InChI is InChI=1S/C14H21N3O2/c1-10-12(7-8-13(18)19)14(17(3)15-10)16(2)9-11-5-4-6-11/h7-8,11H,4-6,9H2,1-3H3,(H,18,19)/b8-7+. The monoisotopic (exact) mass is 263 g/mol. The minimum absolute atomic E-state index is 0.761. The normalized spacial score (nSPS) is 15.7. The van der Waals surface area contributed by atoms with Gasteiger partial charge in [-0.2, -0.15) is 5.10 Å². The number of anilines is 1. The smallest absolute Gasteiger partial charge is 0.328 e. The molecule has 0 atom stereocenters. The van der Waals surface area contributed by atoms with Gasteiger partial charge in [0.25, 0.3) is 0 Å². The van der Waals surface area contributed by atoms with E-state index in [1.807, 2.05) is 25.7 Å². The fourth-order valence-corrected chi connectivity index (χ4v) is 2.61. The average Bonchev–Trinajstić information content (AvgIpc) is 2.55. The Labute approximate surface area is 113 Å². The first kappa shape index (κ1) is 13.6. The van der Waals surface area contributed by atoms with E-state index in [4.69, 9.17) is 5.11 Å². The van der Waals surface area contributed by atoms with Crippen LogP contribution in [0.2, 0.25) is 0 Å². The molecule has 0 unspecified atom stereocenters. The second-order valence-corrected chi connectivity index (χ2v) is 5.30. The largest absolute Gasteiger partial charge is 0.478 e. The number of nitrogens with zero attached hydrogens (tertiary/aromatic N) is 3. The molecule has 104 valence electrons. The van der Waals surface area contributed by atoms with Crippen molar-refractivity contribution in [2.45, 2.75) is 26.2 Å². The third-order valence-electron chi connectivity index (χ3n) is 3.75. The third-order valence-corrected chi connectivity index (χ3v) is 3.75. The molecule has 19 heavy (non-hydrogen) atoms. The molecule has 1 aliphatic rings. The number of aromatic nitrogens is 2. The van der Waals surface area contributed by atoms with Gasteiger partial charge in [-0.3, -0.25) is 4.68 Å². The molecule has 5 heteroatoms. The van der Waals surface area contributed by atoms with Crippen LogP contribution in [0.5, 0.6) is 0 Å². The number of rotatable bonds is 5. The van der Waals surface area contributed by atoms with Crippen molar-refractivity contribution in [2.75, 3.05) is 18.5 Å². The van der Waals surface area contributed by atoms with E-state index in [1.54, 1.807) is 6.08 Å². The average molecular weight is 263 g/mol. The van der Waals surface area contributed by atoms with Crippen molar-refractivity contribution in [3.05, 3.63) is 17.3 Å². The zero-order valence-corrected chi connectivity index (χ0v) is 11.8. The van der Waals surface area contributed by atoms with E-state index < -0.39 is 5.97 Å². The number of carboxylic acids is 1. The lowest BCUT2D eigenvalue weighted by molar-refractivity contribution is -0.131. The first-order valence-electron chi connectivity index (χ1n) is 6.64. The molecule has 1 N–H and O–H groups in total. The summed E-state index contributed by atoms with van der Waals surface area (Å²) in [5.74, 6) is 0.814. The second kappa shape index (κ2) is 5.47. The van der Waals surface area contributed by atoms with Gasteiger partial charge in [-0.05, 0) is 31.8 Å². The van der Waals surface area contributed by atoms with Gasteiger partial charge in [0.15, 0.2) is 0 Å². The Balaban J connectivity index is 2.24. The molecule has 0 radical (unpaired) electrons. The quantitative estimate of drug-likeness (QED) is 0.826. The summed E-state index contributed by atoms with van der Waals surface area (Å²) in [7, 11) is 3.95. The minimum atomic E-state index is -0.934. The first-order valence-corrected chi connectivity index (χ1v) is 6.64. The number of carbonyl (C=O) groups is 1. The molecule has 1 aromatic heterocycles. The molecule has 0 saturated heterocycles. The number of aliphatic carboxylic acids is 1. The summed E-state index contributed by atoms with van der Waals surface area (Å²) in [6.45, 7) is 2.91. The molecule has 1 heterocycles. The third kappa shape index (κ3) is 2.97. The van der Waals surface area contributed by atoms with Crippen LogP contribution in [0.25, 0.3) is 6.08 Å². The van der Waals surface area contributed by atoms with E-state index >= 15 is 0 Å². The molecule has 0 amide bonds. The van der Waals surface area contributed by atoms with Crippen molar-refractivity contribution < 1.29 is 9.90 Å². The highest BCUT2D eigenvalue weighted by Gasteiger charge is 2.22. The SMILES string of the molecule is Cc1nn(C)c(N(C)CC2CCC2)c1/C=C/C(=O)O. The van der Waals surface area contributed by atoms with Crippen LogP contribution in [0.15, 0.2) is 6.08 Å². The van der Waals surface area contributed by atoms with Crippen molar-refractivity contribution in [1.29, 1.82) is 0 Å². The van der Waals surface area contributed by atoms with E-state index in [9.17, 15) is 4.79 Å². The van der Waals surface area contributed by atoms with Gasteiger partial charge in [0.1, 0.15) is 5.82 Å². The first-order chi connectivity index (χ1) is 8.99. The molecule has 1 fully saturated rings. The Bertz CT molecular complexity index is 501. The minimum Gasteiger partial charge on any atom is -0.478 e. The molecule has 0 bridgehead atoms. The zero-order chi connectivity index (χ0) is 14.0. The Morgan fingerprint density at radius 2 is 2.26 bits per heavy atom. The predicted molar refractivity (Wildman–Crippen MR) is 75.2 cm³/mol. The molecular formula is C14H21N3O2. The Morgan fingerprint density at radius 3 is 2.79 bits per heavy atom. The molecule has 0 spiro atoms. The van der Waals surface area contributed by atoms with E-state index in [0.717, 1.165) is 29.5 Å². The highest BCUT2D eigenvalue weighted by Crippen LogP contribution is 2.30. The lowest BCUT2D eigenvalue weighted by Gasteiger charge is -2.31. The highest BCUT2D eigenvalue weighted by atomic mass is 16.4. The van der Waals surface area contributed by atoms with Crippen LogP contribution in [-0.4, -0.2) is 34.4 Å². The fourth-order valence-electron chi connectivity index (χ4n) is 2.61. The number of carboxylic acid groups (broad SMARTS) is 1. The predicted octanol–water partition coefficient (Wildman–Crippen LogP) is 2.06. The molecular weight excluding hydrogens is 242 g/mol. The van der Waals surface area contributed by atoms with Crippen molar-refractivity contribution in [2.24, 2.45) is 13.0 Å². The van der Waals surface area contributed by atoms with Gasteiger partial charge < -0.3 is 10.0 Å². The number of hydrogen-bond acceptors (Lipinski definition) is 3. The topological polar surface area (TPSA) is 58.4 Å². The maximum atomic E-state index is 10.7. The fraction of sp³-hybridized carbons (Fsp3) is 0.571. The van der Waals surface area contributed by atoms with Crippen LogP contribution in [0.1, 0.15) is 30.5 Å². The molecule has 5 nitrogen and oxygen atoms in total. The maximum absolute atomic E-state index is 10.7. The molecule has 1 aromatic rings. The Hall–Kier alpha value is -1.78. The van der Waals surface area contributed by atoms with Crippen molar-refractivity contribution in [3.63, 3.8) is 0 Å². The van der Waals surface area contributed by atoms with Crippen LogP contribution >= 0.6 is 0 Å². The lowest BCUT2D eigenvalue weighted by atomic mass is 9.85. The van der Waals surface area contributed by atoms with E-state index in [-0.39, 0.29) is 0 Å². The summed E-state index contributed by atoms with van der Waals surface area (Å²) in [5, 5.41) is 13.2. The molecule has 2 rings (SSSR count). The van der Waals surface area contributed by atoms with Gasteiger partial charge in [-0.15, -0.1) is 0 Å². The Morgan fingerprint density at radius 1 is 1.58 bits per heavy atom. The van der Waals surface area contributed by atoms with Gasteiger partial charge in [0, 0.05) is 32.3 Å². The summed E-state index contributed by atoms with van der Waals surface area (Å²) < 4.78 is 1.83.